The van der Waals surface area contributed by atoms with E-state index in [0.717, 1.165) is 5.56 Å². The van der Waals surface area contributed by atoms with Crippen LogP contribution in [0.1, 0.15) is 18.9 Å². The van der Waals surface area contributed by atoms with Crippen molar-refractivity contribution in [3.63, 3.8) is 0 Å². The zero-order valence-corrected chi connectivity index (χ0v) is 12.1. The molecule has 2 atom stereocenters. The summed E-state index contributed by atoms with van der Waals surface area (Å²) >= 11 is 0. The average molecular weight is 297 g/mol. The topological polar surface area (TPSA) is 75.6 Å². The molecule has 0 radical (unpaired) electrons. The van der Waals surface area contributed by atoms with Gasteiger partial charge in [0.25, 0.3) is 0 Å². The Labute approximate surface area is 123 Å². The Bertz CT molecular complexity index is 492. The van der Waals surface area contributed by atoms with E-state index in [2.05, 4.69) is 5.32 Å². The highest BCUT2D eigenvalue weighted by Crippen LogP contribution is 2.11. The molecule has 0 bridgehead atoms. The third kappa shape index (κ3) is 5.91. The molecule has 0 aliphatic rings. The predicted octanol–water partition coefficient (Wildman–Crippen LogP) is 1.61. The highest BCUT2D eigenvalue weighted by atomic mass is 19.1. The van der Waals surface area contributed by atoms with Crippen LogP contribution in [0.2, 0.25) is 0 Å². The largest absolute Gasteiger partial charge is 0.479 e. The lowest BCUT2D eigenvalue weighted by molar-refractivity contribution is -0.148. The maximum absolute atomic E-state index is 13.0. The molecule has 1 amide bonds. The van der Waals surface area contributed by atoms with Gasteiger partial charge in [0, 0.05) is 13.0 Å². The molecule has 1 aromatic carbocycles. The molecule has 0 saturated heterocycles. The number of carboxylic acid groups (broad SMARTS) is 1. The van der Waals surface area contributed by atoms with Crippen molar-refractivity contribution in [2.75, 3.05) is 13.7 Å². The molecule has 5 nitrogen and oxygen atoms in total. The van der Waals surface area contributed by atoms with Crippen molar-refractivity contribution in [3.05, 3.63) is 35.6 Å². The maximum atomic E-state index is 13.0. The summed E-state index contributed by atoms with van der Waals surface area (Å²) in [4.78, 5) is 22.6. The second kappa shape index (κ2) is 8.36. The molecular formula is C15H20FNO4. The van der Waals surface area contributed by atoms with Crippen molar-refractivity contribution in [2.45, 2.75) is 25.9 Å². The van der Waals surface area contributed by atoms with E-state index in [-0.39, 0.29) is 24.2 Å². The first-order valence-electron chi connectivity index (χ1n) is 6.71. The predicted molar refractivity (Wildman–Crippen MR) is 75.3 cm³/mol. The Morgan fingerprint density at radius 3 is 2.71 bits per heavy atom. The van der Waals surface area contributed by atoms with Crippen LogP contribution >= 0.6 is 0 Å². The van der Waals surface area contributed by atoms with Gasteiger partial charge in [0.2, 0.25) is 5.91 Å². The van der Waals surface area contributed by atoms with Gasteiger partial charge in [-0.15, -0.1) is 0 Å². The van der Waals surface area contributed by atoms with Crippen molar-refractivity contribution < 1.29 is 23.8 Å². The fourth-order valence-electron chi connectivity index (χ4n) is 1.85. The van der Waals surface area contributed by atoms with Crippen molar-refractivity contribution >= 4 is 11.9 Å². The molecule has 21 heavy (non-hydrogen) atoms. The van der Waals surface area contributed by atoms with Gasteiger partial charge in [-0.05, 0) is 30.5 Å². The summed E-state index contributed by atoms with van der Waals surface area (Å²) in [5.74, 6) is -1.95. The molecule has 0 spiro atoms. The molecule has 1 aromatic rings. The van der Waals surface area contributed by atoms with Crippen LogP contribution in [0.25, 0.3) is 0 Å². The minimum absolute atomic E-state index is 0.0744. The molecule has 1 rings (SSSR count). The smallest absolute Gasteiger partial charge is 0.334 e. The lowest BCUT2D eigenvalue weighted by Crippen LogP contribution is -2.40. The number of carboxylic acids is 1. The Morgan fingerprint density at radius 2 is 2.14 bits per heavy atom. The first-order chi connectivity index (χ1) is 9.93. The van der Waals surface area contributed by atoms with Crippen LogP contribution in [-0.2, 0) is 20.7 Å². The Morgan fingerprint density at radius 1 is 1.43 bits per heavy atom. The van der Waals surface area contributed by atoms with E-state index in [9.17, 15) is 14.0 Å². The van der Waals surface area contributed by atoms with Gasteiger partial charge in [0.05, 0.1) is 6.54 Å². The summed E-state index contributed by atoms with van der Waals surface area (Å²) in [6, 6.07) is 6.25. The second-order valence-corrected chi connectivity index (χ2v) is 4.88. The Hall–Kier alpha value is -1.95. The van der Waals surface area contributed by atoms with E-state index < -0.39 is 12.1 Å². The van der Waals surface area contributed by atoms with Crippen LogP contribution < -0.4 is 5.32 Å². The van der Waals surface area contributed by atoms with Gasteiger partial charge in [-0.25, -0.2) is 9.18 Å². The molecular weight excluding hydrogens is 277 g/mol. The minimum Gasteiger partial charge on any atom is -0.479 e. The van der Waals surface area contributed by atoms with Crippen LogP contribution in [0.15, 0.2) is 24.3 Å². The number of methoxy groups -OCH3 is 1. The normalized spacial score (nSPS) is 13.5. The van der Waals surface area contributed by atoms with Crippen molar-refractivity contribution in [1.29, 1.82) is 0 Å². The number of carbonyl (C=O) groups is 2. The van der Waals surface area contributed by atoms with Crippen LogP contribution in [0.3, 0.4) is 0 Å². The van der Waals surface area contributed by atoms with Crippen LogP contribution in [0.4, 0.5) is 4.39 Å². The molecule has 116 valence electrons. The molecule has 2 unspecified atom stereocenters. The van der Waals surface area contributed by atoms with E-state index in [1.165, 1.54) is 19.2 Å². The number of rotatable bonds is 8. The number of ether oxygens (including phenoxy) is 1. The monoisotopic (exact) mass is 297 g/mol. The van der Waals surface area contributed by atoms with Gasteiger partial charge in [-0.3, -0.25) is 4.79 Å². The minimum atomic E-state index is -1.12. The fraction of sp³-hybridized carbons (Fsp3) is 0.467. The second-order valence-electron chi connectivity index (χ2n) is 4.88. The van der Waals surface area contributed by atoms with E-state index in [4.69, 9.17) is 9.84 Å². The quantitative estimate of drug-likeness (QED) is 0.764. The number of aliphatic carboxylic acids is 1. The van der Waals surface area contributed by atoms with E-state index in [1.807, 2.05) is 0 Å². The first kappa shape index (κ1) is 17.1. The number of carbonyl (C=O) groups excluding carboxylic acids is 1. The molecule has 6 heteroatoms. The van der Waals surface area contributed by atoms with E-state index in [1.54, 1.807) is 19.1 Å². The number of aryl methyl sites for hydroxylation is 1. The lowest BCUT2D eigenvalue weighted by atomic mass is 10.0. The van der Waals surface area contributed by atoms with Gasteiger partial charge in [0.1, 0.15) is 5.82 Å². The van der Waals surface area contributed by atoms with Crippen molar-refractivity contribution in [2.24, 2.45) is 5.92 Å². The number of hydrogen-bond donors (Lipinski definition) is 2. The number of halogens is 1. The zero-order valence-electron chi connectivity index (χ0n) is 12.1. The molecule has 0 aliphatic heterocycles. The summed E-state index contributed by atoms with van der Waals surface area (Å²) in [5.41, 5.74) is 0.829. The van der Waals surface area contributed by atoms with Gasteiger partial charge in [-0.1, -0.05) is 19.1 Å². The Kier molecular flexibility index (Phi) is 6.81. The van der Waals surface area contributed by atoms with Crippen molar-refractivity contribution in [1.82, 2.24) is 5.32 Å². The summed E-state index contributed by atoms with van der Waals surface area (Å²) < 4.78 is 17.8. The van der Waals surface area contributed by atoms with Gasteiger partial charge in [0.15, 0.2) is 6.10 Å². The molecule has 0 aromatic heterocycles. The summed E-state index contributed by atoms with van der Waals surface area (Å²) in [6.07, 6.45) is 0.0864. The third-order valence-corrected chi connectivity index (χ3v) is 3.22. The van der Waals surface area contributed by atoms with E-state index >= 15 is 0 Å². The summed E-state index contributed by atoms with van der Waals surface area (Å²) in [6.45, 7) is 1.67. The SMILES string of the molecule is COC(CNC(=O)C(C)CCc1cccc(F)c1)C(=O)O. The number of amides is 1. The summed E-state index contributed by atoms with van der Waals surface area (Å²) in [5, 5.41) is 11.3. The highest BCUT2D eigenvalue weighted by molar-refractivity contribution is 5.79. The number of hydrogen-bond acceptors (Lipinski definition) is 3. The van der Waals surface area contributed by atoms with Crippen LogP contribution in [0.5, 0.6) is 0 Å². The standard InChI is InChI=1S/C15H20FNO4/c1-10(6-7-11-4-3-5-12(16)8-11)14(18)17-9-13(21-2)15(19)20/h3-5,8,10,13H,6-7,9H2,1-2H3,(H,17,18)(H,19,20). The zero-order chi connectivity index (χ0) is 15.8. The summed E-state index contributed by atoms with van der Waals surface area (Å²) in [7, 11) is 1.28. The number of benzene rings is 1. The van der Waals surface area contributed by atoms with Crippen molar-refractivity contribution in [3.8, 4) is 0 Å². The lowest BCUT2D eigenvalue weighted by Gasteiger charge is -2.15. The average Bonchev–Trinajstić information content (AvgIpc) is 2.44. The van der Waals surface area contributed by atoms with Crippen LogP contribution in [-0.4, -0.2) is 36.7 Å². The molecule has 0 aliphatic carbocycles. The first-order valence-corrected chi connectivity index (χ1v) is 6.71. The fourth-order valence-corrected chi connectivity index (χ4v) is 1.85. The van der Waals surface area contributed by atoms with Gasteiger partial charge in [-0.2, -0.15) is 0 Å². The maximum Gasteiger partial charge on any atom is 0.334 e. The molecule has 0 saturated carbocycles. The molecule has 0 fully saturated rings. The third-order valence-electron chi connectivity index (χ3n) is 3.22. The highest BCUT2D eigenvalue weighted by Gasteiger charge is 2.19. The molecule has 0 heterocycles. The molecule has 2 N–H and O–H groups in total. The van der Waals surface area contributed by atoms with Gasteiger partial charge < -0.3 is 15.2 Å². The Balaban J connectivity index is 2.39. The number of nitrogens with one attached hydrogen (secondary N) is 1. The van der Waals surface area contributed by atoms with Gasteiger partial charge >= 0.3 is 5.97 Å². The van der Waals surface area contributed by atoms with Crippen LogP contribution in [0, 0.1) is 11.7 Å². The van der Waals surface area contributed by atoms with E-state index in [0.29, 0.717) is 12.8 Å².